The van der Waals surface area contributed by atoms with Crippen molar-refractivity contribution < 1.29 is 23.0 Å². The van der Waals surface area contributed by atoms with Crippen LogP contribution in [0.2, 0.25) is 0 Å². The molecule has 0 aliphatic carbocycles. The Morgan fingerprint density at radius 1 is 1.26 bits per heavy atom. The number of imidazole rings is 1. The van der Waals surface area contributed by atoms with Crippen LogP contribution in [-0.2, 0) is 13.1 Å². The number of hydrogen-bond acceptors (Lipinski definition) is 5. The zero-order chi connectivity index (χ0) is 21.8. The van der Waals surface area contributed by atoms with Gasteiger partial charge in [0.15, 0.2) is 17.5 Å². The summed E-state index contributed by atoms with van der Waals surface area (Å²) < 4.78 is 42.9. The molecule has 164 valence electrons. The summed E-state index contributed by atoms with van der Waals surface area (Å²) >= 11 is 0. The summed E-state index contributed by atoms with van der Waals surface area (Å²) in [7, 11) is 0. The lowest BCUT2D eigenvalue weighted by Gasteiger charge is -2.13. The van der Waals surface area contributed by atoms with Crippen LogP contribution in [0, 0.1) is 6.92 Å². The second-order valence-electron chi connectivity index (χ2n) is 6.87. The molecule has 0 atom stereocenters. The quantitative estimate of drug-likeness (QED) is 0.442. The zero-order valence-electron chi connectivity index (χ0n) is 17.2. The number of aryl methyl sites for hydroxylation is 1. The van der Waals surface area contributed by atoms with Crippen molar-refractivity contribution in [3.8, 4) is 17.2 Å². The van der Waals surface area contributed by atoms with Gasteiger partial charge in [0.25, 0.3) is 0 Å². The molecule has 10 heteroatoms. The van der Waals surface area contributed by atoms with Crippen LogP contribution in [0.3, 0.4) is 0 Å². The van der Waals surface area contributed by atoms with Crippen LogP contribution in [0.4, 0.5) is 8.78 Å². The molecule has 3 heterocycles. The van der Waals surface area contributed by atoms with Gasteiger partial charge in [0.1, 0.15) is 11.4 Å². The minimum Gasteiger partial charge on any atom is -0.454 e. The first-order valence-electron chi connectivity index (χ1n) is 9.86. The van der Waals surface area contributed by atoms with Gasteiger partial charge in [-0.05, 0) is 32.0 Å². The number of alkyl halides is 2. The fraction of sp³-hybridized carbons (Fsp3) is 0.333. The maximum atomic E-state index is 12.8. The first-order valence-corrected chi connectivity index (χ1v) is 9.86. The molecule has 4 rings (SSSR count). The molecule has 2 aromatic heterocycles. The molecule has 0 saturated carbocycles. The highest BCUT2D eigenvalue weighted by atomic mass is 19.3. The van der Waals surface area contributed by atoms with E-state index < -0.39 is 6.61 Å². The van der Waals surface area contributed by atoms with Crippen molar-refractivity contribution in [2.75, 3.05) is 13.3 Å². The molecule has 1 aromatic carbocycles. The van der Waals surface area contributed by atoms with Crippen molar-refractivity contribution in [3.05, 3.63) is 53.5 Å². The lowest BCUT2D eigenvalue weighted by Crippen LogP contribution is -2.36. The Bertz CT molecular complexity index is 1100. The summed E-state index contributed by atoms with van der Waals surface area (Å²) in [4.78, 5) is 9.10. The molecular formula is C21H23F2N5O3. The van der Waals surface area contributed by atoms with Crippen molar-refractivity contribution in [2.45, 2.75) is 33.5 Å². The van der Waals surface area contributed by atoms with E-state index in [0.717, 1.165) is 17.0 Å². The first kappa shape index (κ1) is 20.7. The number of rotatable bonds is 7. The minimum atomic E-state index is -2.95. The van der Waals surface area contributed by atoms with Crippen molar-refractivity contribution in [2.24, 2.45) is 4.99 Å². The maximum absolute atomic E-state index is 12.8. The van der Waals surface area contributed by atoms with Crippen LogP contribution in [0.15, 0.2) is 41.5 Å². The predicted molar refractivity (Wildman–Crippen MR) is 111 cm³/mol. The Kier molecular flexibility index (Phi) is 6.06. The number of aliphatic imine (C=N–C) groups is 1. The third-order valence-corrected chi connectivity index (χ3v) is 4.71. The standard InChI is InChI=1S/C21H23F2N5O3/c1-3-24-21(26-10-15-11-28-13(2)5-4-6-19(28)27-15)25-9-14-7-17-18(30-12-29-17)8-16(14)31-20(22)23/h4-8,11,20H,3,9-10,12H2,1-2H3,(H2,24,25,26). The number of hydrogen-bond donors (Lipinski definition) is 2. The molecule has 0 fully saturated rings. The lowest BCUT2D eigenvalue weighted by atomic mass is 10.1. The number of pyridine rings is 1. The third kappa shape index (κ3) is 4.79. The summed E-state index contributed by atoms with van der Waals surface area (Å²) in [6, 6.07) is 8.93. The largest absolute Gasteiger partial charge is 0.454 e. The van der Waals surface area contributed by atoms with Gasteiger partial charge in [-0.3, -0.25) is 0 Å². The molecule has 0 amide bonds. The number of nitrogens with zero attached hydrogens (tertiary/aromatic N) is 3. The third-order valence-electron chi connectivity index (χ3n) is 4.71. The normalized spacial score (nSPS) is 13.1. The Balaban J connectivity index is 1.50. The molecule has 1 aliphatic heterocycles. The van der Waals surface area contributed by atoms with Gasteiger partial charge in [0, 0.05) is 30.1 Å². The molecule has 2 N–H and O–H groups in total. The molecule has 31 heavy (non-hydrogen) atoms. The average Bonchev–Trinajstić information content (AvgIpc) is 3.36. The van der Waals surface area contributed by atoms with Gasteiger partial charge in [0.05, 0.1) is 18.8 Å². The summed E-state index contributed by atoms with van der Waals surface area (Å²) in [6.45, 7) is 2.25. The molecular weight excluding hydrogens is 408 g/mol. The lowest BCUT2D eigenvalue weighted by molar-refractivity contribution is -0.0505. The SMILES string of the molecule is CCNC(=NCc1cc2c(cc1OC(F)F)OCO2)NCc1cn2c(C)cccc2n1. The molecule has 3 aromatic rings. The van der Waals surface area contributed by atoms with Gasteiger partial charge in [-0.1, -0.05) is 6.07 Å². The van der Waals surface area contributed by atoms with Crippen LogP contribution >= 0.6 is 0 Å². The highest BCUT2D eigenvalue weighted by Crippen LogP contribution is 2.39. The van der Waals surface area contributed by atoms with Crippen molar-refractivity contribution >= 4 is 11.6 Å². The van der Waals surface area contributed by atoms with Crippen molar-refractivity contribution in [3.63, 3.8) is 0 Å². The number of benzene rings is 1. The topological polar surface area (TPSA) is 81.4 Å². The number of fused-ring (bicyclic) bond motifs is 2. The second-order valence-corrected chi connectivity index (χ2v) is 6.87. The van der Waals surface area contributed by atoms with Gasteiger partial charge in [-0.2, -0.15) is 8.78 Å². The molecule has 8 nitrogen and oxygen atoms in total. The first-order chi connectivity index (χ1) is 15.0. The minimum absolute atomic E-state index is 0.00896. The van der Waals surface area contributed by atoms with Crippen LogP contribution in [0.5, 0.6) is 17.2 Å². The smallest absolute Gasteiger partial charge is 0.387 e. The number of nitrogens with one attached hydrogen (secondary N) is 2. The monoisotopic (exact) mass is 431 g/mol. The molecule has 0 saturated heterocycles. The van der Waals surface area contributed by atoms with E-state index in [9.17, 15) is 8.78 Å². The summed E-state index contributed by atoms with van der Waals surface area (Å²) in [5.74, 6) is 1.38. The van der Waals surface area contributed by atoms with Crippen molar-refractivity contribution in [1.82, 2.24) is 20.0 Å². The Morgan fingerprint density at radius 2 is 2.06 bits per heavy atom. The van der Waals surface area contributed by atoms with Crippen LogP contribution in [0.25, 0.3) is 5.65 Å². The van der Waals surface area contributed by atoms with E-state index in [2.05, 4.69) is 25.3 Å². The fourth-order valence-corrected chi connectivity index (χ4v) is 3.26. The van der Waals surface area contributed by atoms with E-state index in [-0.39, 0.29) is 19.1 Å². The van der Waals surface area contributed by atoms with Gasteiger partial charge in [-0.15, -0.1) is 0 Å². The molecule has 1 aliphatic rings. The Labute approximate surface area is 177 Å². The van der Waals surface area contributed by atoms with E-state index in [4.69, 9.17) is 9.47 Å². The van der Waals surface area contributed by atoms with E-state index in [0.29, 0.717) is 36.1 Å². The predicted octanol–water partition coefficient (Wildman–Crippen LogP) is 3.23. The van der Waals surface area contributed by atoms with Crippen LogP contribution in [0.1, 0.15) is 23.9 Å². The van der Waals surface area contributed by atoms with Gasteiger partial charge in [0.2, 0.25) is 6.79 Å². The Morgan fingerprint density at radius 3 is 2.81 bits per heavy atom. The number of ether oxygens (including phenoxy) is 3. The molecule has 0 spiro atoms. The average molecular weight is 431 g/mol. The van der Waals surface area contributed by atoms with E-state index in [1.165, 1.54) is 6.07 Å². The Hall–Kier alpha value is -3.56. The van der Waals surface area contributed by atoms with E-state index in [1.54, 1.807) is 6.07 Å². The van der Waals surface area contributed by atoms with Gasteiger partial charge in [-0.25, -0.2) is 9.98 Å². The van der Waals surface area contributed by atoms with E-state index in [1.807, 2.05) is 42.6 Å². The van der Waals surface area contributed by atoms with Crippen LogP contribution in [-0.4, -0.2) is 35.3 Å². The van der Waals surface area contributed by atoms with Gasteiger partial charge < -0.3 is 29.2 Å². The number of guanidine groups is 1. The molecule has 0 bridgehead atoms. The molecule has 0 radical (unpaired) electrons. The maximum Gasteiger partial charge on any atom is 0.387 e. The van der Waals surface area contributed by atoms with E-state index >= 15 is 0 Å². The number of aromatic nitrogens is 2. The van der Waals surface area contributed by atoms with Crippen molar-refractivity contribution in [1.29, 1.82) is 0 Å². The summed E-state index contributed by atoms with van der Waals surface area (Å²) in [5, 5.41) is 6.36. The molecule has 0 unspecified atom stereocenters. The second kappa shape index (κ2) is 9.07. The number of halogens is 2. The fourth-order valence-electron chi connectivity index (χ4n) is 3.26. The summed E-state index contributed by atoms with van der Waals surface area (Å²) in [5.41, 5.74) is 3.27. The summed E-state index contributed by atoms with van der Waals surface area (Å²) in [6.07, 6.45) is 1.97. The van der Waals surface area contributed by atoms with Gasteiger partial charge >= 0.3 is 6.61 Å². The highest BCUT2D eigenvalue weighted by molar-refractivity contribution is 5.79. The highest BCUT2D eigenvalue weighted by Gasteiger charge is 2.20. The zero-order valence-corrected chi connectivity index (χ0v) is 17.2. The van der Waals surface area contributed by atoms with Crippen LogP contribution < -0.4 is 24.8 Å².